The van der Waals surface area contributed by atoms with E-state index in [-0.39, 0.29) is 24.8 Å². The van der Waals surface area contributed by atoms with Crippen LogP contribution in [0.5, 0.6) is 5.75 Å². The van der Waals surface area contributed by atoms with Gasteiger partial charge in [0, 0.05) is 43.4 Å². The molecule has 0 bridgehead atoms. The van der Waals surface area contributed by atoms with Gasteiger partial charge in [0.2, 0.25) is 0 Å². The molecular weight excluding hydrogens is 499 g/mol. The first kappa shape index (κ1) is 27.6. The van der Waals surface area contributed by atoms with E-state index in [9.17, 15) is 23.4 Å². The Kier molecular flexibility index (Phi) is 8.10. The predicted octanol–water partition coefficient (Wildman–Crippen LogP) is 3.47. The van der Waals surface area contributed by atoms with Crippen LogP contribution in [-0.2, 0) is 6.54 Å². The van der Waals surface area contributed by atoms with E-state index in [0.717, 1.165) is 23.9 Å². The fraction of sp³-hybridized carbons (Fsp3) is 0.407. The standard InChI is InChI=1S/C27H32F3N5O3/c1-15-12-35(13-21(31)26(15)36)23-6-7-32-11-22(23)33-10-16-4-5-18(28)25(34-16)24-19(29)8-17(9-20(24)30)38-14-27(2,3)37/h4-9,11,15,21,26,33,36-37H,10,12-14,31H2,1-3H3. The highest BCUT2D eigenvalue weighted by molar-refractivity contribution is 5.69. The number of pyridine rings is 2. The summed E-state index contributed by atoms with van der Waals surface area (Å²) in [4.78, 5) is 10.4. The Morgan fingerprint density at radius 2 is 1.84 bits per heavy atom. The molecule has 1 fully saturated rings. The smallest absolute Gasteiger partial charge is 0.149 e. The third-order valence-electron chi connectivity index (χ3n) is 6.31. The molecule has 0 aliphatic carbocycles. The molecule has 0 radical (unpaired) electrons. The number of nitrogens with one attached hydrogen (secondary N) is 1. The second-order valence-electron chi connectivity index (χ2n) is 10.3. The van der Waals surface area contributed by atoms with Gasteiger partial charge in [-0.25, -0.2) is 18.2 Å². The van der Waals surface area contributed by atoms with Crippen LogP contribution in [0.15, 0.2) is 42.7 Å². The maximum absolute atomic E-state index is 14.9. The summed E-state index contributed by atoms with van der Waals surface area (Å²) in [6, 6.07) is 5.81. The van der Waals surface area contributed by atoms with Crippen LogP contribution in [0, 0.1) is 23.4 Å². The quantitative estimate of drug-likeness (QED) is 0.349. The SMILES string of the molecule is CC1CN(c2ccncc2NCc2ccc(F)c(-c3c(F)cc(OCC(C)(C)O)cc3F)n2)CC(N)C1O. The van der Waals surface area contributed by atoms with Crippen molar-refractivity contribution in [2.75, 3.05) is 29.9 Å². The van der Waals surface area contributed by atoms with E-state index < -0.39 is 46.5 Å². The van der Waals surface area contributed by atoms with Crippen molar-refractivity contribution in [3.05, 3.63) is 65.9 Å². The maximum atomic E-state index is 14.9. The number of aliphatic hydroxyl groups is 2. The number of halogens is 3. The number of nitrogens with zero attached hydrogens (tertiary/aromatic N) is 3. The van der Waals surface area contributed by atoms with Gasteiger partial charge in [0.05, 0.1) is 47.1 Å². The molecule has 4 rings (SSSR count). The summed E-state index contributed by atoms with van der Waals surface area (Å²) in [5.74, 6) is -3.13. The molecule has 3 unspecified atom stereocenters. The number of rotatable bonds is 8. The Morgan fingerprint density at radius 3 is 2.50 bits per heavy atom. The highest BCUT2D eigenvalue weighted by Crippen LogP contribution is 2.32. The van der Waals surface area contributed by atoms with Crippen molar-refractivity contribution in [2.24, 2.45) is 11.7 Å². The number of ether oxygens (including phenoxy) is 1. The summed E-state index contributed by atoms with van der Waals surface area (Å²) in [7, 11) is 0. The minimum absolute atomic E-state index is 0.0298. The van der Waals surface area contributed by atoms with Gasteiger partial charge in [-0.1, -0.05) is 6.92 Å². The summed E-state index contributed by atoms with van der Waals surface area (Å²) in [5.41, 5.74) is 5.67. The Balaban J connectivity index is 1.54. The Hall–Kier alpha value is -3.41. The minimum atomic E-state index is -1.20. The van der Waals surface area contributed by atoms with Gasteiger partial charge in [0.1, 0.15) is 35.5 Å². The first-order chi connectivity index (χ1) is 17.9. The van der Waals surface area contributed by atoms with Crippen molar-refractivity contribution < 1.29 is 28.1 Å². The van der Waals surface area contributed by atoms with Gasteiger partial charge in [-0.3, -0.25) is 4.98 Å². The number of hydrogen-bond donors (Lipinski definition) is 4. The van der Waals surface area contributed by atoms with E-state index >= 15 is 0 Å². The first-order valence-electron chi connectivity index (χ1n) is 12.3. The minimum Gasteiger partial charge on any atom is -0.490 e. The summed E-state index contributed by atoms with van der Waals surface area (Å²) in [6.07, 6.45) is 2.69. The summed E-state index contributed by atoms with van der Waals surface area (Å²) < 4.78 is 49.7. The van der Waals surface area contributed by atoms with Gasteiger partial charge in [0.25, 0.3) is 0 Å². The third-order valence-corrected chi connectivity index (χ3v) is 6.31. The number of nitrogens with two attached hydrogens (primary N) is 1. The molecule has 8 nitrogen and oxygen atoms in total. The Labute approximate surface area is 219 Å². The summed E-state index contributed by atoms with van der Waals surface area (Å²) >= 11 is 0. The van der Waals surface area contributed by atoms with Gasteiger partial charge in [-0.2, -0.15) is 0 Å². The molecule has 1 aliphatic heterocycles. The van der Waals surface area contributed by atoms with E-state index in [0.29, 0.717) is 24.5 Å². The van der Waals surface area contributed by atoms with Crippen LogP contribution in [0.3, 0.4) is 0 Å². The molecule has 1 saturated heterocycles. The first-order valence-corrected chi connectivity index (χ1v) is 12.3. The summed E-state index contributed by atoms with van der Waals surface area (Å²) in [6.45, 7) is 5.91. The molecule has 5 N–H and O–H groups in total. The van der Waals surface area contributed by atoms with Crippen LogP contribution in [0.1, 0.15) is 26.5 Å². The van der Waals surface area contributed by atoms with Crippen molar-refractivity contribution in [2.45, 2.75) is 45.1 Å². The Morgan fingerprint density at radius 1 is 1.13 bits per heavy atom. The van der Waals surface area contributed by atoms with Crippen molar-refractivity contribution in [1.29, 1.82) is 0 Å². The van der Waals surface area contributed by atoms with Crippen LogP contribution in [-0.4, -0.2) is 57.6 Å². The lowest BCUT2D eigenvalue weighted by Crippen LogP contribution is -2.55. The predicted molar refractivity (Wildman–Crippen MR) is 138 cm³/mol. The number of hydrogen-bond acceptors (Lipinski definition) is 8. The second-order valence-corrected chi connectivity index (χ2v) is 10.3. The molecule has 0 spiro atoms. The second kappa shape index (κ2) is 11.1. The number of anilines is 2. The molecule has 2 aromatic heterocycles. The third kappa shape index (κ3) is 6.35. The van der Waals surface area contributed by atoms with Crippen LogP contribution in [0.25, 0.3) is 11.3 Å². The fourth-order valence-electron chi connectivity index (χ4n) is 4.37. The molecule has 0 saturated carbocycles. The van der Waals surface area contributed by atoms with Crippen molar-refractivity contribution in [1.82, 2.24) is 9.97 Å². The molecule has 3 heterocycles. The van der Waals surface area contributed by atoms with E-state index in [1.807, 2.05) is 13.0 Å². The molecule has 3 atom stereocenters. The highest BCUT2D eigenvalue weighted by atomic mass is 19.1. The summed E-state index contributed by atoms with van der Waals surface area (Å²) in [5, 5.41) is 23.2. The van der Waals surface area contributed by atoms with E-state index in [2.05, 4.69) is 20.2 Å². The molecule has 1 aromatic carbocycles. The fourth-order valence-corrected chi connectivity index (χ4v) is 4.37. The van der Waals surface area contributed by atoms with Crippen LogP contribution >= 0.6 is 0 Å². The van der Waals surface area contributed by atoms with Gasteiger partial charge in [0.15, 0.2) is 0 Å². The zero-order valence-electron chi connectivity index (χ0n) is 21.5. The lowest BCUT2D eigenvalue weighted by atomic mass is 9.92. The zero-order valence-corrected chi connectivity index (χ0v) is 21.5. The highest BCUT2D eigenvalue weighted by Gasteiger charge is 2.31. The average Bonchev–Trinajstić information content (AvgIpc) is 2.85. The van der Waals surface area contributed by atoms with Crippen LogP contribution in [0.4, 0.5) is 24.5 Å². The van der Waals surface area contributed by atoms with E-state index in [4.69, 9.17) is 10.5 Å². The van der Waals surface area contributed by atoms with E-state index in [1.54, 1.807) is 12.4 Å². The van der Waals surface area contributed by atoms with Crippen molar-refractivity contribution >= 4 is 11.4 Å². The molecule has 204 valence electrons. The largest absolute Gasteiger partial charge is 0.490 e. The molecule has 1 aliphatic rings. The lowest BCUT2D eigenvalue weighted by molar-refractivity contribution is 0.0282. The number of piperidine rings is 1. The normalized spacial score (nSPS) is 19.9. The van der Waals surface area contributed by atoms with Gasteiger partial charge < -0.3 is 30.9 Å². The van der Waals surface area contributed by atoms with Gasteiger partial charge in [-0.15, -0.1) is 0 Å². The number of aliphatic hydroxyl groups excluding tert-OH is 1. The van der Waals surface area contributed by atoms with Crippen molar-refractivity contribution in [3.8, 4) is 17.0 Å². The lowest BCUT2D eigenvalue weighted by Gasteiger charge is -2.40. The van der Waals surface area contributed by atoms with Crippen LogP contribution < -0.4 is 20.7 Å². The van der Waals surface area contributed by atoms with Crippen LogP contribution in [0.2, 0.25) is 0 Å². The molecule has 38 heavy (non-hydrogen) atoms. The molecule has 11 heteroatoms. The van der Waals surface area contributed by atoms with Gasteiger partial charge >= 0.3 is 0 Å². The topological polar surface area (TPSA) is 117 Å². The molecular formula is C27H32F3N5O3. The Bertz CT molecular complexity index is 1250. The monoisotopic (exact) mass is 531 g/mol. The number of benzene rings is 1. The van der Waals surface area contributed by atoms with E-state index in [1.165, 1.54) is 19.9 Å². The average molecular weight is 532 g/mol. The van der Waals surface area contributed by atoms with Crippen molar-refractivity contribution in [3.63, 3.8) is 0 Å². The maximum Gasteiger partial charge on any atom is 0.149 e. The van der Waals surface area contributed by atoms with Gasteiger partial charge in [-0.05, 0) is 32.0 Å². The number of aromatic nitrogens is 2. The zero-order chi connectivity index (χ0) is 27.6. The molecule has 3 aromatic rings. The molecule has 0 amide bonds.